The molecule has 2 radical (unpaired) electrons. The zero-order valence-corrected chi connectivity index (χ0v) is 14.6. The van der Waals surface area contributed by atoms with Crippen molar-refractivity contribution in [2.24, 2.45) is 0 Å². The molecule has 1 atom stereocenters. The van der Waals surface area contributed by atoms with Gasteiger partial charge < -0.3 is 13.9 Å². The third-order valence-electron chi connectivity index (χ3n) is 1.25. The van der Waals surface area contributed by atoms with Crippen molar-refractivity contribution in [2.45, 2.75) is 26.2 Å². The number of hydrogen-bond donors (Lipinski definition) is 1. The Labute approximate surface area is 102 Å². The van der Waals surface area contributed by atoms with Crippen molar-refractivity contribution in [3.63, 3.8) is 0 Å². The molecule has 0 amide bonds. The monoisotopic (exact) mass is 402 g/mol. The Hall–Kier alpha value is 0.972. The summed E-state index contributed by atoms with van der Waals surface area (Å²) in [5.41, 5.74) is 0. The van der Waals surface area contributed by atoms with Crippen LogP contribution < -0.4 is 0 Å². The average Bonchev–Trinajstić information content (AvgIpc) is 2.09. The van der Waals surface area contributed by atoms with Crippen LogP contribution in [0.2, 0.25) is 0 Å². The van der Waals surface area contributed by atoms with Crippen molar-refractivity contribution >= 4 is 35.9 Å². The molecule has 0 aromatic carbocycles. The van der Waals surface area contributed by atoms with Crippen molar-refractivity contribution < 1.29 is 13.9 Å². The maximum absolute atomic E-state index is 9.05. The Bertz CT molecular complexity index is 114. The van der Waals surface area contributed by atoms with E-state index in [1.807, 2.05) is 0 Å². The molecule has 0 bridgehead atoms. The fraction of sp³-hybridized carbons (Fsp3) is 0.750. The SMILES string of the molecule is C=CCOP(O)OCCCCC.[PbH2]. The fourth-order valence-corrected chi connectivity index (χ4v) is 1.24. The topological polar surface area (TPSA) is 38.7 Å². The first-order valence-electron chi connectivity index (χ1n) is 4.17. The van der Waals surface area contributed by atoms with Crippen LogP contribution in [0.1, 0.15) is 26.2 Å². The summed E-state index contributed by atoms with van der Waals surface area (Å²) in [6.07, 6.45) is 4.85. The van der Waals surface area contributed by atoms with Crippen LogP contribution in [0.25, 0.3) is 0 Å². The standard InChI is InChI=1S/C8H17O3P.Pb.2H/c1-3-5-6-8-11-12(9)10-7-4-2;;;/h4,9H,2-3,5-8H2,1H3;;;. The minimum absolute atomic E-state index is 0. The minimum atomic E-state index is -1.67. The zero-order chi connectivity index (χ0) is 9.23. The number of rotatable bonds is 8. The first-order valence-corrected chi connectivity index (χ1v) is 5.30. The van der Waals surface area contributed by atoms with Crippen LogP contribution in [0.5, 0.6) is 0 Å². The van der Waals surface area contributed by atoms with E-state index in [2.05, 4.69) is 13.5 Å². The summed E-state index contributed by atoms with van der Waals surface area (Å²) >= 11 is 0. The van der Waals surface area contributed by atoms with Crippen molar-refractivity contribution in [3.8, 4) is 0 Å². The average molecular weight is 401 g/mol. The fourth-order valence-electron chi connectivity index (χ4n) is 0.648. The molecule has 0 saturated carbocycles. The van der Waals surface area contributed by atoms with Gasteiger partial charge >= 0.3 is 35.9 Å². The van der Waals surface area contributed by atoms with Gasteiger partial charge in [0.25, 0.3) is 0 Å². The van der Waals surface area contributed by atoms with Gasteiger partial charge in [0.15, 0.2) is 0 Å². The number of unbranched alkanes of at least 4 members (excludes halogenated alkanes) is 2. The summed E-state index contributed by atoms with van der Waals surface area (Å²) in [5.74, 6) is 0. The molecule has 0 aromatic rings. The first-order chi connectivity index (χ1) is 5.81. The second-order valence-corrected chi connectivity index (χ2v) is 3.35. The van der Waals surface area contributed by atoms with Gasteiger partial charge in [-0.1, -0.05) is 25.8 Å². The van der Waals surface area contributed by atoms with E-state index < -0.39 is 8.60 Å². The van der Waals surface area contributed by atoms with Gasteiger partial charge in [-0.15, -0.1) is 6.58 Å². The van der Waals surface area contributed by atoms with E-state index in [1.165, 1.54) is 0 Å². The Balaban J connectivity index is 0. The number of hydrogen-bond acceptors (Lipinski definition) is 3. The molecule has 0 aliphatic heterocycles. The molecular formula is C8H19O3PPb. The summed E-state index contributed by atoms with van der Waals surface area (Å²) in [6.45, 7) is 6.50. The normalized spacial score (nSPS) is 11.8. The van der Waals surface area contributed by atoms with E-state index in [1.54, 1.807) is 6.08 Å². The van der Waals surface area contributed by atoms with Crippen molar-refractivity contribution in [2.75, 3.05) is 13.2 Å². The van der Waals surface area contributed by atoms with E-state index in [-0.39, 0.29) is 27.3 Å². The summed E-state index contributed by atoms with van der Waals surface area (Å²) in [6, 6.07) is 0. The van der Waals surface area contributed by atoms with Crippen LogP contribution in [-0.2, 0) is 9.05 Å². The molecule has 13 heavy (non-hydrogen) atoms. The Morgan fingerprint density at radius 2 is 2.08 bits per heavy atom. The predicted molar refractivity (Wildman–Crippen MR) is 59.3 cm³/mol. The van der Waals surface area contributed by atoms with Crippen LogP contribution in [0, 0.1) is 0 Å². The molecule has 0 heterocycles. The van der Waals surface area contributed by atoms with Crippen molar-refractivity contribution in [1.29, 1.82) is 0 Å². The molecule has 1 N–H and O–H groups in total. The molecular weight excluding hydrogens is 382 g/mol. The molecule has 3 nitrogen and oxygen atoms in total. The quantitative estimate of drug-likeness (QED) is 0.291. The van der Waals surface area contributed by atoms with Gasteiger partial charge in [-0.05, 0) is 6.42 Å². The molecule has 78 valence electrons. The van der Waals surface area contributed by atoms with E-state index in [9.17, 15) is 0 Å². The van der Waals surface area contributed by atoms with E-state index in [0.29, 0.717) is 13.2 Å². The molecule has 0 fully saturated rings. The summed E-state index contributed by atoms with van der Waals surface area (Å²) < 4.78 is 9.85. The van der Waals surface area contributed by atoms with Crippen LogP contribution in [-0.4, -0.2) is 45.4 Å². The zero-order valence-electron chi connectivity index (χ0n) is 8.24. The molecule has 0 saturated heterocycles. The van der Waals surface area contributed by atoms with Crippen molar-refractivity contribution in [1.82, 2.24) is 0 Å². The van der Waals surface area contributed by atoms with E-state index >= 15 is 0 Å². The second kappa shape index (κ2) is 13.0. The first kappa shape index (κ1) is 16.4. The van der Waals surface area contributed by atoms with Crippen LogP contribution in [0.15, 0.2) is 12.7 Å². The summed E-state index contributed by atoms with van der Waals surface area (Å²) in [4.78, 5) is 9.05. The molecule has 0 aliphatic rings. The summed E-state index contributed by atoms with van der Waals surface area (Å²) in [5, 5.41) is 0. The third-order valence-corrected chi connectivity index (χ3v) is 2.03. The van der Waals surface area contributed by atoms with Crippen LogP contribution in [0.4, 0.5) is 0 Å². The van der Waals surface area contributed by atoms with Gasteiger partial charge in [0.2, 0.25) is 0 Å². The van der Waals surface area contributed by atoms with Crippen LogP contribution >= 0.6 is 8.60 Å². The van der Waals surface area contributed by atoms with Gasteiger partial charge in [0.05, 0.1) is 13.2 Å². The molecule has 5 heteroatoms. The Kier molecular flexibility index (Phi) is 16.4. The van der Waals surface area contributed by atoms with E-state index in [0.717, 1.165) is 19.3 Å². The Morgan fingerprint density at radius 1 is 1.38 bits per heavy atom. The van der Waals surface area contributed by atoms with Crippen LogP contribution in [0.3, 0.4) is 0 Å². The molecule has 0 rings (SSSR count). The molecule has 0 aliphatic carbocycles. The van der Waals surface area contributed by atoms with Gasteiger partial charge in [-0.2, -0.15) is 0 Å². The molecule has 1 unspecified atom stereocenters. The molecule has 0 aromatic heterocycles. The summed E-state index contributed by atoms with van der Waals surface area (Å²) in [7, 11) is -1.67. The van der Waals surface area contributed by atoms with Crippen molar-refractivity contribution in [3.05, 3.63) is 12.7 Å². The molecule has 0 spiro atoms. The van der Waals surface area contributed by atoms with Gasteiger partial charge in [-0.25, -0.2) is 0 Å². The van der Waals surface area contributed by atoms with Gasteiger partial charge in [0, 0.05) is 0 Å². The maximum atomic E-state index is 9.05. The third kappa shape index (κ3) is 13.0. The van der Waals surface area contributed by atoms with Gasteiger partial charge in [0.1, 0.15) is 0 Å². The second-order valence-electron chi connectivity index (χ2n) is 2.36. The predicted octanol–water partition coefficient (Wildman–Crippen LogP) is 1.70. The van der Waals surface area contributed by atoms with Gasteiger partial charge in [-0.3, -0.25) is 0 Å². The van der Waals surface area contributed by atoms with E-state index in [4.69, 9.17) is 13.9 Å². The Morgan fingerprint density at radius 3 is 2.62 bits per heavy atom.